The SMILES string of the molecule is CCOC(=O)C[N+](C)(C)CCOc1cccc(C)c1. The molecule has 0 aromatic heterocycles. The van der Waals surface area contributed by atoms with Crippen molar-refractivity contribution in [3.63, 3.8) is 0 Å². The minimum Gasteiger partial charge on any atom is -0.488 e. The molecule has 0 atom stereocenters. The van der Waals surface area contributed by atoms with Crippen LogP contribution in [0.1, 0.15) is 12.5 Å². The maximum Gasteiger partial charge on any atom is 0.361 e. The van der Waals surface area contributed by atoms with Gasteiger partial charge in [0.05, 0.1) is 20.7 Å². The monoisotopic (exact) mass is 266 g/mol. The smallest absolute Gasteiger partial charge is 0.361 e. The number of carbonyl (C=O) groups is 1. The van der Waals surface area contributed by atoms with E-state index in [1.807, 2.05) is 52.2 Å². The molecule has 106 valence electrons. The van der Waals surface area contributed by atoms with E-state index in [0.29, 0.717) is 24.2 Å². The van der Waals surface area contributed by atoms with E-state index in [1.165, 1.54) is 5.56 Å². The number of aryl methyl sites for hydroxylation is 1. The first-order chi connectivity index (χ1) is 8.93. The molecule has 0 spiro atoms. The fraction of sp³-hybridized carbons (Fsp3) is 0.533. The molecule has 0 unspecified atom stereocenters. The summed E-state index contributed by atoms with van der Waals surface area (Å²) in [6.45, 7) is 5.98. The summed E-state index contributed by atoms with van der Waals surface area (Å²) >= 11 is 0. The van der Waals surface area contributed by atoms with Crippen LogP contribution in [-0.4, -0.2) is 50.9 Å². The number of carbonyl (C=O) groups excluding carboxylic acids is 1. The maximum absolute atomic E-state index is 11.5. The molecule has 0 heterocycles. The minimum atomic E-state index is -0.164. The number of hydrogen-bond donors (Lipinski definition) is 0. The van der Waals surface area contributed by atoms with E-state index in [2.05, 4.69) is 0 Å². The van der Waals surface area contributed by atoms with E-state index in [-0.39, 0.29) is 5.97 Å². The van der Waals surface area contributed by atoms with Crippen LogP contribution in [0.2, 0.25) is 0 Å². The molecule has 19 heavy (non-hydrogen) atoms. The Bertz CT molecular complexity index is 416. The highest BCUT2D eigenvalue weighted by atomic mass is 16.5. The Labute approximate surface area is 115 Å². The molecule has 0 radical (unpaired) electrons. The summed E-state index contributed by atoms with van der Waals surface area (Å²) in [5, 5.41) is 0. The number of nitrogens with zero attached hydrogens (tertiary/aromatic N) is 1. The minimum absolute atomic E-state index is 0.164. The van der Waals surface area contributed by atoms with Gasteiger partial charge in [-0.25, -0.2) is 4.79 Å². The molecule has 0 aliphatic rings. The zero-order chi connectivity index (χ0) is 14.3. The van der Waals surface area contributed by atoms with Crippen molar-refractivity contribution in [2.75, 3.05) is 40.4 Å². The lowest BCUT2D eigenvalue weighted by molar-refractivity contribution is -0.883. The molecule has 4 heteroatoms. The number of benzene rings is 1. The highest BCUT2D eigenvalue weighted by Gasteiger charge is 2.20. The van der Waals surface area contributed by atoms with Crippen LogP contribution < -0.4 is 4.74 Å². The van der Waals surface area contributed by atoms with Gasteiger partial charge in [0, 0.05) is 0 Å². The van der Waals surface area contributed by atoms with Crippen molar-refractivity contribution >= 4 is 5.97 Å². The molecule has 0 aliphatic heterocycles. The first-order valence-corrected chi connectivity index (χ1v) is 6.60. The summed E-state index contributed by atoms with van der Waals surface area (Å²) in [4.78, 5) is 11.5. The Morgan fingerprint density at radius 1 is 1.32 bits per heavy atom. The number of esters is 1. The van der Waals surface area contributed by atoms with Crippen LogP contribution in [0.15, 0.2) is 24.3 Å². The van der Waals surface area contributed by atoms with Gasteiger partial charge in [-0.1, -0.05) is 12.1 Å². The van der Waals surface area contributed by atoms with E-state index < -0.39 is 0 Å². The molecule has 0 bridgehead atoms. The van der Waals surface area contributed by atoms with Gasteiger partial charge in [0.15, 0.2) is 6.54 Å². The van der Waals surface area contributed by atoms with Gasteiger partial charge < -0.3 is 14.0 Å². The van der Waals surface area contributed by atoms with Crippen LogP contribution in [0, 0.1) is 6.92 Å². The number of ether oxygens (including phenoxy) is 2. The lowest BCUT2D eigenvalue weighted by Gasteiger charge is -2.28. The molecule has 0 fully saturated rings. The summed E-state index contributed by atoms with van der Waals surface area (Å²) in [6, 6.07) is 7.96. The second kappa shape index (κ2) is 7.14. The zero-order valence-corrected chi connectivity index (χ0v) is 12.3. The molecule has 1 aromatic carbocycles. The van der Waals surface area contributed by atoms with E-state index in [0.717, 1.165) is 12.3 Å². The zero-order valence-electron chi connectivity index (χ0n) is 12.3. The lowest BCUT2D eigenvalue weighted by atomic mass is 10.2. The van der Waals surface area contributed by atoms with Crippen molar-refractivity contribution in [3.05, 3.63) is 29.8 Å². The van der Waals surface area contributed by atoms with Gasteiger partial charge in [0.1, 0.15) is 18.9 Å². The third-order valence-electron chi connectivity index (χ3n) is 2.82. The van der Waals surface area contributed by atoms with Crippen molar-refractivity contribution in [2.45, 2.75) is 13.8 Å². The van der Waals surface area contributed by atoms with Crippen LogP contribution in [-0.2, 0) is 9.53 Å². The van der Waals surface area contributed by atoms with Crippen LogP contribution in [0.5, 0.6) is 5.75 Å². The summed E-state index contributed by atoms with van der Waals surface area (Å²) in [7, 11) is 3.99. The number of hydrogen-bond acceptors (Lipinski definition) is 3. The first-order valence-electron chi connectivity index (χ1n) is 6.60. The predicted molar refractivity (Wildman–Crippen MR) is 75.1 cm³/mol. The van der Waals surface area contributed by atoms with E-state index in [9.17, 15) is 4.79 Å². The average Bonchev–Trinajstić information content (AvgIpc) is 2.28. The Kier molecular flexibility index (Phi) is 5.83. The van der Waals surface area contributed by atoms with Crippen molar-refractivity contribution in [2.24, 2.45) is 0 Å². The fourth-order valence-electron chi connectivity index (χ4n) is 1.75. The second-order valence-corrected chi connectivity index (χ2v) is 5.29. The van der Waals surface area contributed by atoms with Gasteiger partial charge >= 0.3 is 5.97 Å². The molecule has 1 rings (SSSR count). The molecule has 0 saturated carbocycles. The standard InChI is InChI=1S/C15H24NO3/c1-5-18-15(17)12-16(3,4)9-10-19-14-8-6-7-13(2)11-14/h6-8,11H,5,9-10,12H2,1-4H3/q+1. The average molecular weight is 266 g/mol. The van der Waals surface area contributed by atoms with Gasteiger partial charge in [-0.2, -0.15) is 0 Å². The van der Waals surface area contributed by atoms with Crippen LogP contribution in [0.25, 0.3) is 0 Å². The summed E-state index contributed by atoms with van der Waals surface area (Å²) in [5.41, 5.74) is 1.18. The lowest BCUT2D eigenvalue weighted by Crippen LogP contribution is -2.46. The Morgan fingerprint density at radius 3 is 2.68 bits per heavy atom. The van der Waals surface area contributed by atoms with Crippen molar-refractivity contribution in [1.29, 1.82) is 0 Å². The van der Waals surface area contributed by atoms with Gasteiger partial charge in [-0.05, 0) is 31.5 Å². The van der Waals surface area contributed by atoms with Gasteiger partial charge in [0.2, 0.25) is 0 Å². The van der Waals surface area contributed by atoms with Crippen LogP contribution >= 0.6 is 0 Å². The van der Waals surface area contributed by atoms with Gasteiger partial charge in [0.25, 0.3) is 0 Å². The molecule has 0 saturated heterocycles. The fourth-order valence-corrected chi connectivity index (χ4v) is 1.75. The second-order valence-electron chi connectivity index (χ2n) is 5.29. The van der Waals surface area contributed by atoms with Crippen molar-refractivity contribution in [1.82, 2.24) is 0 Å². The molecule has 1 aromatic rings. The first kappa shape index (κ1) is 15.5. The predicted octanol–water partition coefficient (Wildman–Crippen LogP) is 2.01. The molecule has 4 nitrogen and oxygen atoms in total. The molecule has 0 N–H and O–H groups in total. The van der Waals surface area contributed by atoms with Crippen molar-refractivity contribution < 1.29 is 18.8 Å². The topological polar surface area (TPSA) is 35.5 Å². The van der Waals surface area contributed by atoms with Gasteiger partial charge in [-0.15, -0.1) is 0 Å². The van der Waals surface area contributed by atoms with Crippen LogP contribution in [0.4, 0.5) is 0 Å². The molecule has 0 aliphatic carbocycles. The van der Waals surface area contributed by atoms with E-state index in [1.54, 1.807) is 0 Å². The normalized spacial score (nSPS) is 11.2. The number of quaternary nitrogens is 1. The summed E-state index contributed by atoms with van der Waals surface area (Å²) < 4.78 is 11.2. The third kappa shape index (κ3) is 6.25. The Morgan fingerprint density at radius 2 is 2.05 bits per heavy atom. The highest BCUT2D eigenvalue weighted by Crippen LogP contribution is 2.12. The number of rotatable bonds is 7. The third-order valence-corrected chi connectivity index (χ3v) is 2.82. The highest BCUT2D eigenvalue weighted by molar-refractivity contribution is 5.70. The quantitative estimate of drug-likeness (QED) is 0.559. The van der Waals surface area contributed by atoms with E-state index in [4.69, 9.17) is 9.47 Å². The van der Waals surface area contributed by atoms with E-state index >= 15 is 0 Å². The molecule has 0 amide bonds. The largest absolute Gasteiger partial charge is 0.488 e. The Balaban J connectivity index is 2.36. The number of likely N-dealkylation sites (N-methyl/N-ethyl adjacent to an activating group) is 1. The van der Waals surface area contributed by atoms with Crippen molar-refractivity contribution in [3.8, 4) is 5.75 Å². The maximum atomic E-state index is 11.5. The summed E-state index contributed by atoms with van der Waals surface area (Å²) in [6.07, 6.45) is 0. The Hall–Kier alpha value is -1.55. The van der Waals surface area contributed by atoms with Crippen LogP contribution in [0.3, 0.4) is 0 Å². The summed E-state index contributed by atoms with van der Waals surface area (Å²) in [5.74, 6) is 0.708. The van der Waals surface area contributed by atoms with Gasteiger partial charge in [-0.3, -0.25) is 0 Å². The molecular weight excluding hydrogens is 242 g/mol. The molecular formula is C15H24NO3+.